The van der Waals surface area contributed by atoms with E-state index in [4.69, 9.17) is 20.3 Å². The largest absolute Gasteiger partial charge is 0.508 e. The molecule has 0 fully saturated rings. The fourth-order valence-electron chi connectivity index (χ4n) is 1.78. The van der Waals surface area contributed by atoms with Gasteiger partial charge in [-0.2, -0.15) is 0 Å². The third-order valence-corrected chi connectivity index (χ3v) is 2.75. The van der Waals surface area contributed by atoms with Crippen molar-refractivity contribution in [2.75, 3.05) is 30.8 Å². The van der Waals surface area contributed by atoms with Gasteiger partial charge in [0.15, 0.2) is 6.10 Å². The SMILES string of the molecule is Nc1ccc(OCCO)c(NCC2OC=CC=C2O)c1. The topological polar surface area (TPSA) is 97.0 Å². The Bertz CT molecular complexity index is 514. The molecule has 1 aromatic carbocycles. The van der Waals surface area contributed by atoms with Gasteiger partial charge in [-0.3, -0.25) is 0 Å². The van der Waals surface area contributed by atoms with Gasteiger partial charge < -0.3 is 30.7 Å². The molecule has 0 aliphatic carbocycles. The van der Waals surface area contributed by atoms with E-state index in [-0.39, 0.29) is 19.0 Å². The first-order valence-corrected chi connectivity index (χ1v) is 6.29. The lowest BCUT2D eigenvalue weighted by molar-refractivity contribution is 0.133. The van der Waals surface area contributed by atoms with Crippen LogP contribution in [-0.2, 0) is 4.74 Å². The highest BCUT2D eigenvalue weighted by atomic mass is 16.5. The summed E-state index contributed by atoms with van der Waals surface area (Å²) < 4.78 is 10.7. The van der Waals surface area contributed by atoms with Crippen LogP contribution in [0.1, 0.15) is 0 Å². The van der Waals surface area contributed by atoms with Crippen LogP contribution >= 0.6 is 0 Å². The molecule has 2 rings (SSSR count). The normalized spacial score (nSPS) is 17.2. The minimum Gasteiger partial charge on any atom is -0.508 e. The average Bonchev–Trinajstić information content (AvgIpc) is 2.45. The second kappa shape index (κ2) is 6.72. The highest BCUT2D eigenvalue weighted by Gasteiger charge is 2.16. The van der Waals surface area contributed by atoms with Gasteiger partial charge in [-0.25, -0.2) is 0 Å². The summed E-state index contributed by atoms with van der Waals surface area (Å²) in [5.41, 5.74) is 7.02. The molecule has 1 unspecified atom stereocenters. The van der Waals surface area contributed by atoms with Crippen LogP contribution in [0.25, 0.3) is 0 Å². The van der Waals surface area contributed by atoms with Gasteiger partial charge in [-0.15, -0.1) is 0 Å². The van der Waals surface area contributed by atoms with E-state index >= 15 is 0 Å². The van der Waals surface area contributed by atoms with Crippen molar-refractivity contribution in [3.8, 4) is 5.75 Å². The first kappa shape index (κ1) is 14.1. The monoisotopic (exact) mass is 278 g/mol. The van der Waals surface area contributed by atoms with Crippen LogP contribution in [0.5, 0.6) is 5.75 Å². The van der Waals surface area contributed by atoms with Crippen molar-refractivity contribution in [1.29, 1.82) is 0 Å². The smallest absolute Gasteiger partial charge is 0.171 e. The minimum atomic E-state index is -0.452. The fourth-order valence-corrected chi connectivity index (χ4v) is 1.78. The van der Waals surface area contributed by atoms with Gasteiger partial charge in [0, 0.05) is 5.69 Å². The quantitative estimate of drug-likeness (QED) is 0.587. The number of nitrogens with two attached hydrogens (primary N) is 1. The number of hydrogen-bond acceptors (Lipinski definition) is 6. The summed E-state index contributed by atoms with van der Waals surface area (Å²) in [5, 5.41) is 21.6. The number of anilines is 2. The lowest BCUT2D eigenvalue weighted by atomic mass is 10.2. The molecule has 0 aromatic heterocycles. The lowest BCUT2D eigenvalue weighted by Gasteiger charge is -2.20. The van der Waals surface area contributed by atoms with E-state index < -0.39 is 6.10 Å². The van der Waals surface area contributed by atoms with Crippen LogP contribution in [0.3, 0.4) is 0 Å². The van der Waals surface area contributed by atoms with Gasteiger partial charge >= 0.3 is 0 Å². The Hall–Kier alpha value is -2.34. The molecule has 0 saturated heterocycles. The predicted molar refractivity (Wildman–Crippen MR) is 76.6 cm³/mol. The van der Waals surface area contributed by atoms with Crippen LogP contribution in [0.4, 0.5) is 11.4 Å². The maximum atomic E-state index is 9.67. The zero-order valence-electron chi connectivity index (χ0n) is 11.0. The third-order valence-electron chi connectivity index (χ3n) is 2.75. The molecular formula is C14H18N2O4. The van der Waals surface area contributed by atoms with Crippen molar-refractivity contribution >= 4 is 11.4 Å². The standard InChI is InChI=1S/C14H18N2O4/c15-10-3-4-13(20-7-5-17)11(8-10)16-9-14-12(18)2-1-6-19-14/h1-4,6,8,14,16-18H,5,7,9,15H2. The molecule has 0 radical (unpaired) electrons. The molecule has 0 bridgehead atoms. The summed E-state index contributed by atoms with van der Waals surface area (Å²) in [4.78, 5) is 0. The first-order chi connectivity index (χ1) is 9.70. The molecule has 6 heteroatoms. The number of hydrogen-bond donors (Lipinski definition) is 4. The maximum Gasteiger partial charge on any atom is 0.171 e. The number of ether oxygens (including phenoxy) is 2. The number of nitrogens with one attached hydrogen (secondary N) is 1. The molecular weight excluding hydrogens is 260 g/mol. The van der Waals surface area contributed by atoms with Gasteiger partial charge in [0.25, 0.3) is 0 Å². The second-order valence-electron chi connectivity index (χ2n) is 4.25. The molecule has 1 atom stereocenters. The van der Waals surface area contributed by atoms with E-state index in [1.807, 2.05) is 0 Å². The number of nitrogen functional groups attached to an aromatic ring is 1. The first-order valence-electron chi connectivity index (χ1n) is 6.29. The Kier molecular flexibility index (Phi) is 4.73. The molecule has 1 heterocycles. The van der Waals surface area contributed by atoms with Gasteiger partial charge in [-0.05, 0) is 30.4 Å². The summed E-state index contributed by atoms with van der Waals surface area (Å²) in [6, 6.07) is 5.17. The fraction of sp³-hybridized carbons (Fsp3) is 0.286. The lowest BCUT2D eigenvalue weighted by Crippen LogP contribution is -2.25. The minimum absolute atomic E-state index is 0.0656. The Morgan fingerprint density at radius 1 is 1.40 bits per heavy atom. The molecule has 0 saturated carbocycles. The highest BCUT2D eigenvalue weighted by Crippen LogP contribution is 2.27. The molecule has 1 aromatic rings. The van der Waals surface area contributed by atoms with E-state index in [9.17, 15) is 5.11 Å². The number of aliphatic hydroxyl groups excluding tert-OH is 2. The number of benzene rings is 1. The van der Waals surface area contributed by atoms with Crippen molar-refractivity contribution in [3.63, 3.8) is 0 Å². The Morgan fingerprint density at radius 2 is 2.25 bits per heavy atom. The average molecular weight is 278 g/mol. The Labute approximate surface area is 117 Å². The van der Waals surface area contributed by atoms with Crippen LogP contribution in [0.15, 0.2) is 42.4 Å². The summed E-state index contributed by atoms with van der Waals surface area (Å²) in [5.74, 6) is 0.741. The van der Waals surface area contributed by atoms with Crippen molar-refractivity contribution < 1.29 is 19.7 Å². The van der Waals surface area contributed by atoms with Crippen molar-refractivity contribution in [2.45, 2.75) is 6.10 Å². The Balaban J connectivity index is 2.02. The number of aliphatic hydroxyl groups is 2. The van der Waals surface area contributed by atoms with E-state index in [1.54, 1.807) is 30.4 Å². The second-order valence-corrected chi connectivity index (χ2v) is 4.25. The van der Waals surface area contributed by atoms with Crippen LogP contribution in [0.2, 0.25) is 0 Å². The van der Waals surface area contributed by atoms with E-state index in [1.165, 1.54) is 6.26 Å². The summed E-state index contributed by atoms with van der Waals surface area (Å²) >= 11 is 0. The number of allylic oxidation sites excluding steroid dienone is 2. The molecule has 0 amide bonds. The summed E-state index contributed by atoms with van der Waals surface area (Å²) in [6.45, 7) is 0.502. The van der Waals surface area contributed by atoms with Gasteiger partial charge in [0.2, 0.25) is 0 Å². The Morgan fingerprint density at radius 3 is 3.00 bits per heavy atom. The summed E-state index contributed by atoms with van der Waals surface area (Å²) in [6.07, 6.45) is 4.28. The van der Waals surface area contributed by atoms with Crippen LogP contribution in [0, 0.1) is 0 Å². The van der Waals surface area contributed by atoms with Crippen LogP contribution < -0.4 is 15.8 Å². The maximum absolute atomic E-state index is 9.67. The van der Waals surface area contributed by atoms with Crippen molar-refractivity contribution in [2.24, 2.45) is 0 Å². The molecule has 1 aliphatic rings. The molecule has 0 spiro atoms. The van der Waals surface area contributed by atoms with E-state index in [2.05, 4.69) is 5.32 Å². The van der Waals surface area contributed by atoms with Gasteiger partial charge in [-0.1, -0.05) is 0 Å². The molecule has 20 heavy (non-hydrogen) atoms. The van der Waals surface area contributed by atoms with E-state index in [0.717, 1.165) is 0 Å². The highest BCUT2D eigenvalue weighted by molar-refractivity contribution is 5.63. The van der Waals surface area contributed by atoms with Gasteiger partial charge in [0.1, 0.15) is 18.1 Å². The molecule has 108 valence electrons. The molecule has 5 N–H and O–H groups in total. The van der Waals surface area contributed by atoms with Crippen molar-refractivity contribution in [3.05, 3.63) is 42.4 Å². The van der Waals surface area contributed by atoms with Crippen LogP contribution in [-0.4, -0.2) is 36.1 Å². The zero-order valence-corrected chi connectivity index (χ0v) is 11.0. The third kappa shape index (κ3) is 3.58. The molecule has 1 aliphatic heterocycles. The predicted octanol–water partition coefficient (Wildman–Crippen LogP) is 1.41. The number of rotatable bonds is 6. The zero-order chi connectivity index (χ0) is 14.4. The van der Waals surface area contributed by atoms with Gasteiger partial charge in [0.05, 0.1) is 25.1 Å². The van der Waals surface area contributed by atoms with Crippen molar-refractivity contribution in [1.82, 2.24) is 0 Å². The molecule has 6 nitrogen and oxygen atoms in total. The van der Waals surface area contributed by atoms with E-state index in [0.29, 0.717) is 23.7 Å². The summed E-state index contributed by atoms with van der Waals surface area (Å²) in [7, 11) is 0.